The summed E-state index contributed by atoms with van der Waals surface area (Å²) in [6, 6.07) is 9.00. The number of ether oxygens (including phenoxy) is 1. The molecule has 30 heavy (non-hydrogen) atoms. The lowest BCUT2D eigenvalue weighted by molar-refractivity contribution is -0.115. The first kappa shape index (κ1) is 21.6. The standard InChI is InChI=1S/C20H21F2N5O2S/c1-11-6-12(2)8-15(7-11)29-10-18-25-26-20(27(18)23)30-13(3)19(28)24-14-4-5-16(21)17(22)9-14/h4-9,13H,10,23H2,1-3H3,(H,24,28). The number of halogens is 2. The predicted molar refractivity (Wildman–Crippen MR) is 111 cm³/mol. The van der Waals surface area contributed by atoms with Gasteiger partial charge in [0.1, 0.15) is 12.4 Å². The maximum Gasteiger partial charge on any atom is 0.237 e. The number of rotatable bonds is 7. The van der Waals surface area contributed by atoms with Gasteiger partial charge in [-0.2, -0.15) is 0 Å². The van der Waals surface area contributed by atoms with E-state index in [0.717, 1.165) is 35.0 Å². The molecule has 1 unspecified atom stereocenters. The van der Waals surface area contributed by atoms with Gasteiger partial charge in [0, 0.05) is 11.8 Å². The van der Waals surface area contributed by atoms with Crippen molar-refractivity contribution in [2.45, 2.75) is 37.8 Å². The van der Waals surface area contributed by atoms with E-state index in [9.17, 15) is 13.6 Å². The van der Waals surface area contributed by atoms with Crippen LogP contribution in [-0.4, -0.2) is 26.0 Å². The highest BCUT2D eigenvalue weighted by Gasteiger charge is 2.20. The van der Waals surface area contributed by atoms with E-state index in [1.54, 1.807) is 6.92 Å². The lowest BCUT2D eigenvalue weighted by Gasteiger charge is -2.12. The minimum atomic E-state index is -1.04. The second-order valence-electron chi connectivity index (χ2n) is 6.76. The Labute approximate surface area is 176 Å². The van der Waals surface area contributed by atoms with Gasteiger partial charge in [0.05, 0.1) is 5.25 Å². The molecule has 0 spiro atoms. The summed E-state index contributed by atoms with van der Waals surface area (Å²) in [7, 11) is 0. The van der Waals surface area contributed by atoms with E-state index in [1.807, 2.05) is 32.0 Å². The molecule has 0 fully saturated rings. The topological polar surface area (TPSA) is 95.1 Å². The Bertz CT molecular complexity index is 1050. The second-order valence-corrected chi connectivity index (χ2v) is 8.07. The molecule has 0 radical (unpaired) electrons. The van der Waals surface area contributed by atoms with Crippen molar-refractivity contribution in [2.75, 3.05) is 11.2 Å². The Morgan fingerprint density at radius 1 is 1.17 bits per heavy atom. The smallest absolute Gasteiger partial charge is 0.237 e. The van der Waals surface area contributed by atoms with Gasteiger partial charge in [0.25, 0.3) is 0 Å². The van der Waals surface area contributed by atoms with Crippen molar-refractivity contribution in [3.05, 3.63) is 65.0 Å². The van der Waals surface area contributed by atoms with Crippen LogP contribution < -0.4 is 15.9 Å². The van der Waals surface area contributed by atoms with E-state index in [1.165, 1.54) is 10.7 Å². The Balaban J connectivity index is 1.60. The summed E-state index contributed by atoms with van der Waals surface area (Å²) in [5.41, 5.74) is 2.32. The predicted octanol–water partition coefficient (Wildman–Crippen LogP) is 3.59. The summed E-state index contributed by atoms with van der Waals surface area (Å²) in [6.07, 6.45) is 0. The maximum atomic E-state index is 13.3. The number of nitrogens with zero attached hydrogens (tertiary/aromatic N) is 3. The fourth-order valence-electron chi connectivity index (χ4n) is 2.68. The number of amides is 1. The van der Waals surface area contributed by atoms with Crippen LogP contribution in [0.3, 0.4) is 0 Å². The van der Waals surface area contributed by atoms with Crippen molar-refractivity contribution in [2.24, 2.45) is 0 Å². The molecule has 0 saturated carbocycles. The molecule has 2 aromatic carbocycles. The number of nitrogens with one attached hydrogen (secondary N) is 1. The number of nitrogens with two attached hydrogens (primary N) is 1. The second kappa shape index (κ2) is 9.12. The number of aromatic nitrogens is 3. The van der Waals surface area contributed by atoms with Crippen LogP contribution in [0.25, 0.3) is 0 Å². The highest BCUT2D eigenvalue weighted by atomic mass is 32.2. The van der Waals surface area contributed by atoms with Crippen LogP contribution in [0.5, 0.6) is 5.75 Å². The molecule has 158 valence electrons. The zero-order valence-electron chi connectivity index (χ0n) is 16.6. The first-order valence-corrected chi connectivity index (χ1v) is 9.94. The zero-order valence-corrected chi connectivity index (χ0v) is 17.5. The number of thioether (sulfide) groups is 1. The van der Waals surface area contributed by atoms with Gasteiger partial charge in [0.15, 0.2) is 17.5 Å². The molecule has 0 aliphatic rings. The molecule has 0 bridgehead atoms. The monoisotopic (exact) mass is 433 g/mol. The van der Waals surface area contributed by atoms with Gasteiger partial charge < -0.3 is 15.9 Å². The highest BCUT2D eigenvalue weighted by molar-refractivity contribution is 8.00. The molecule has 1 heterocycles. The van der Waals surface area contributed by atoms with Crippen molar-refractivity contribution in [3.8, 4) is 5.75 Å². The number of hydrogen-bond acceptors (Lipinski definition) is 6. The van der Waals surface area contributed by atoms with Gasteiger partial charge in [0.2, 0.25) is 11.1 Å². The van der Waals surface area contributed by atoms with Crippen molar-refractivity contribution in [1.29, 1.82) is 0 Å². The third-order valence-electron chi connectivity index (χ3n) is 4.14. The average molecular weight is 433 g/mol. The number of benzene rings is 2. The van der Waals surface area contributed by atoms with E-state index in [2.05, 4.69) is 15.5 Å². The van der Waals surface area contributed by atoms with Crippen LogP contribution in [-0.2, 0) is 11.4 Å². The van der Waals surface area contributed by atoms with Gasteiger partial charge in [-0.1, -0.05) is 17.8 Å². The number of hydrogen-bond donors (Lipinski definition) is 2. The summed E-state index contributed by atoms with van der Waals surface area (Å²) in [5, 5.41) is 10.2. The fraction of sp³-hybridized carbons (Fsp3) is 0.250. The van der Waals surface area contributed by atoms with Crippen molar-refractivity contribution in [3.63, 3.8) is 0 Å². The summed E-state index contributed by atoms with van der Waals surface area (Å²) in [4.78, 5) is 12.3. The van der Waals surface area contributed by atoms with Gasteiger partial charge in [-0.15, -0.1) is 10.2 Å². The molecule has 0 saturated heterocycles. The quantitative estimate of drug-likeness (QED) is 0.437. The van der Waals surface area contributed by atoms with Crippen LogP contribution in [0.4, 0.5) is 14.5 Å². The molecular weight excluding hydrogens is 412 g/mol. The van der Waals surface area contributed by atoms with Gasteiger partial charge in [-0.05, 0) is 56.2 Å². The largest absolute Gasteiger partial charge is 0.486 e. The molecule has 10 heteroatoms. The minimum Gasteiger partial charge on any atom is -0.486 e. The molecule has 3 aromatic rings. The molecular formula is C20H21F2N5O2S. The minimum absolute atomic E-state index is 0.113. The summed E-state index contributed by atoms with van der Waals surface area (Å²) >= 11 is 1.08. The molecule has 3 rings (SSSR count). The van der Waals surface area contributed by atoms with Crippen LogP contribution in [0.1, 0.15) is 23.9 Å². The van der Waals surface area contributed by atoms with Crippen LogP contribution in [0, 0.1) is 25.5 Å². The Kier molecular flexibility index (Phi) is 6.56. The van der Waals surface area contributed by atoms with Gasteiger partial charge in [-0.3, -0.25) is 4.79 Å². The van der Waals surface area contributed by atoms with E-state index < -0.39 is 22.8 Å². The third-order valence-corrected chi connectivity index (χ3v) is 5.19. The number of anilines is 1. The lowest BCUT2D eigenvalue weighted by Crippen LogP contribution is -2.24. The third kappa shape index (κ3) is 5.26. The number of carbonyl (C=O) groups excluding carboxylic acids is 1. The molecule has 3 N–H and O–H groups in total. The highest BCUT2D eigenvalue weighted by Crippen LogP contribution is 2.23. The Morgan fingerprint density at radius 2 is 1.87 bits per heavy atom. The fourth-order valence-corrected chi connectivity index (χ4v) is 3.47. The Morgan fingerprint density at radius 3 is 2.53 bits per heavy atom. The normalized spacial score (nSPS) is 11.9. The molecule has 7 nitrogen and oxygen atoms in total. The van der Waals surface area contributed by atoms with E-state index in [0.29, 0.717) is 16.7 Å². The summed E-state index contributed by atoms with van der Waals surface area (Å²) in [5.74, 6) is 4.69. The SMILES string of the molecule is Cc1cc(C)cc(OCc2nnc(SC(C)C(=O)Nc3ccc(F)c(F)c3)n2N)c1. The molecule has 1 amide bonds. The first-order valence-electron chi connectivity index (χ1n) is 9.06. The summed E-state index contributed by atoms with van der Waals surface area (Å²) in [6.45, 7) is 5.71. The van der Waals surface area contributed by atoms with E-state index in [-0.39, 0.29) is 12.3 Å². The van der Waals surface area contributed by atoms with Crippen molar-refractivity contribution >= 4 is 23.4 Å². The van der Waals surface area contributed by atoms with Crippen molar-refractivity contribution < 1.29 is 18.3 Å². The molecule has 0 aliphatic carbocycles. The number of carbonyl (C=O) groups is 1. The van der Waals surface area contributed by atoms with Crippen LogP contribution in [0.2, 0.25) is 0 Å². The zero-order chi connectivity index (χ0) is 21.8. The first-order chi connectivity index (χ1) is 14.2. The number of aryl methyl sites for hydroxylation is 2. The van der Waals surface area contributed by atoms with Gasteiger partial charge >= 0.3 is 0 Å². The lowest BCUT2D eigenvalue weighted by atomic mass is 10.1. The molecule has 0 aliphatic heterocycles. The van der Waals surface area contributed by atoms with Gasteiger partial charge in [-0.25, -0.2) is 13.5 Å². The van der Waals surface area contributed by atoms with E-state index in [4.69, 9.17) is 10.6 Å². The van der Waals surface area contributed by atoms with Crippen LogP contribution in [0.15, 0.2) is 41.6 Å². The van der Waals surface area contributed by atoms with Crippen molar-refractivity contribution in [1.82, 2.24) is 14.9 Å². The summed E-state index contributed by atoms with van der Waals surface area (Å²) < 4.78 is 33.3. The van der Waals surface area contributed by atoms with Crippen LogP contribution >= 0.6 is 11.8 Å². The molecule has 1 atom stereocenters. The number of nitrogen functional groups attached to an aromatic ring is 1. The van der Waals surface area contributed by atoms with E-state index >= 15 is 0 Å². The maximum absolute atomic E-state index is 13.3. The Hall–Kier alpha value is -3.14. The average Bonchev–Trinajstić information content (AvgIpc) is 3.02. The molecule has 1 aromatic heterocycles.